The van der Waals surface area contributed by atoms with Crippen LogP contribution in [0, 0.1) is 11.6 Å². The van der Waals surface area contributed by atoms with Crippen LogP contribution in [0.1, 0.15) is 11.1 Å². The predicted octanol–water partition coefficient (Wildman–Crippen LogP) is 3.13. The molecule has 0 aromatic heterocycles. The number of rotatable bonds is 4. The molecule has 0 amide bonds. The monoisotopic (exact) mass is 320 g/mol. The van der Waals surface area contributed by atoms with Gasteiger partial charge >= 0.3 is 0 Å². The van der Waals surface area contributed by atoms with E-state index in [0.717, 1.165) is 11.6 Å². The highest BCUT2D eigenvalue weighted by Gasteiger charge is 2.08. The molecule has 7 heteroatoms. The quantitative estimate of drug-likeness (QED) is 0.393. The highest BCUT2D eigenvalue weighted by Crippen LogP contribution is 2.17. The number of hydrogen-bond acceptors (Lipinski definition) is 4. The molecule has 4 nitrogen and oxygen atoms in total. The number of benzene rings is 2. The molecule has 0 aliphatic carbocycles. The van der Waals surface area contributed by atoms with Crippen LogP contribution in [0.5, 0.6) is 0 Å². The summed E-state index contributed by atoms with van der Waals surface area (Å²) in [7, 11) is 0. The largest absolute Gasteiger partial charge is 0.396 e. The molecule has 0 radical (unpaired) electrons. The molecule has 0 atom stereocenters. The lowest BCUT2D eigenvalue weighted by atomic mass is 10.2. The minimum atomic E-state index is -1.10. The second kappa shape index (κ2) is 7.56. The van der Waals surface area contributed by atoms with E-state index in [0.29, 0.717) is 5.75 Å². The van der Waals surface area contributed by atoms with Gasteiger partial charge in [0.1, 0.15) is 0 Å². The minimum absolute atomic E-state index is 0.239. The van der Waals surface area contributed by atoms with Crippen LogP contribution in [-0.2, 0) is 5.75 Å². The first-order chi connectivity index (χ1) is 10.6. The van der Waals surface area contributed by atoms with Crippen molar-refractivity contribution in [3.63, 3.8) is 0 Å². The fourth-order valence-corrected chi connectivity index (χ4v) is 2.21. The molecule has 0 unspecified atom stereocenters. The van der Waals surface area contributed by atoms with Gasteiger partial charge in [0.15, 0.2) is 16.8 Å². The van der Waals surface area contributed by atoms with E-state index in [9.17, 15) is 8.78 Å². The van der Waals surface area contributed by atoms with Gasteiger partial charge in [0, 0.05) is 11.3 Å². The molecule has 0 spiro atoms. The number of halogens is 2. The lowest BCUT2D eigenvalue weighted by molar-refractivity contribution is 0.512. The zero-order valence-corrected chi connectivity index (χ0v) is 12.4. The minimum Gasteiger partial charge on any atom is -0.396 e. The second-order valence-electron chi connectivity index (χ2n) is 4.32. The maximum Gasteiger partial charge on any atom is 0.182 e. The molecule has 0 saturated heterocycles. The average molecular weight is 320 g/mol. The Morgan fingerprint density at radius 2 is 1.86 bits per heavy atom. The molecule has 2 aromatic rings. The van der Waals surface area contributed by atoms with E-state index >= 15 is 0 Å². The van der Waals surface area contributed by atoms with Gasteiger partial charge in [0.05, 0.1) is 11.9 Å². The Bertz CT molecular complexity index is 702. The summed E-state index contributed by atoms with van der Waals surface area (Å²) in [6.07, 6.45) is 1.23. The van der Waals surface area contributed by atoms with E-state index in [1.165, 1.54) is 24.0 Å². The number of hydrogen-bond donors (Lipinski definition) is 2. The Morgan fingerprint density at radius 1 is 1.14 bits per heavy atom. The third-order valence-corrected chi connectivity index (χ3v) is 3.60. The lowest BCUT2D eigenvalue weighted by Gasteiger charge is -2.01. The maximum atomic E-state index is 13.3. The molecule has 2 aromatic carbocycles. The van der Waals surface area contributed by atoms with Crippen molar-refractivity contribution in [1.82, 2.24) is 0 Å². The van der Waals surface area contributed by atoms with Gasteiger partial charge in [-0.2, -0.15) is 5.10 Å². The molecule has 0 bridgehead atoms. The van der Waals surface area contributed by atoms with Crippen LogP contribution in [0.3, 0.4) is 0 Å². The molecule has 114 valence electrons. The van der Waals surface area contributed by atoms with Crippen molar-refractivity contribution in [2.45, 2.75) is 5.75 Å². The maximum absolute atomic E-state index is 13.3. The molecule has 0 saturated carbocycles. The summed E-state index contributed by atoms with van der Waals surface area (Å²) in [4.78, 5) is 0. The Morgan fingerprint density at radius 3 is 2.59 bits per heavy atom. The standard InChI is InChI=1S/C15H14F2N4S/c16-12-7-6-11(14(18)13(12)17)8-20-21-15(19)22-9-10-4-2-1-3-5-10/h1-8H,9,18H2,(H2,19,21). The fourth-order valence-electron chi connectivity index (χ4n) is 1.60. The zero-order valence-electron chi connectivity index (χ0n) is 11.5. The summed E-state index contributed by atoms with van der Waals surface area (Å²) >= 11 is 1.32. The number of nitrogens with two attached hydrogens (primary N) is 2. The lowest BCUT2D eigenvalue weighted by Crippen LogP contribution is -2.06. The van der Waals surface area contributed by atoms with Crippen LogP contribution in [-0.4, -0.2) is 11.4 Å². The summed E-state index contributed by atoms with van der Waals surface area (Å²) in [5.41, 5.74) is 12.2. The van der Waals surface area contributed by atoms with E-state index in [-0.39, 0.29) is 16.4 Å². The summed E-state index contributed by atoms with van der Waals surface area (Å²) < 4.78 is 26.2. The molecule has 4 N–H and O–H groups in total. The molecular formula is C15H14F2N4S. The van der Waals surface area contributed by atoms with Crippen molar-refractivity contribution in [3.05, 3.63) is 65.2 Å². The summed E-state index contributed by atoms with van der Waals surface area (Å²) in [6.45, 7) is 0. The number of nitrogen functional groups attached to an aromatic ring is 1. The van der Waals surface area contributed by atoms with Crippen molar-refractivity contribution in [1.29, 1.82) is 0 Å². The van der Waals surface area contributed by atoms with Crippen LogP contribution in [0.25, 0.3) is 0 Å². The first-order valence-electron chi connectivity index (χ1n) is 6.34. The summed E-state index contributed by atoms with van der Waals surface area (Å²) in [5.74, 6) is -1.44. The first kappa shape index (κ1) is 16.0. The predicted molar refractivity (Wildman–Crippen MR) is 87.7 cm³/mol. The molecule has 0 aliphatic heterocycles. The van der Waals surface area contributed by atoms with Gasteiger partial charge in [-0.05, 0) is 17.7 Å². The van der Waals surface area contributed by atoms with E-state index in [2.05, 4.69) is 10.2 Å². The fraction of sp³-hybridized carbons (Fsp3) is 0.0667. The SMILES string of the molecule is NC(=NN=Cc1ccc(F)c(F)c1N)SCc1ccccc1. The molecular weight excluding hydrogens is 306 g/mol. The van der Waals surface area contributed by atoms with Crippen molar-refractivity contribution in [3.8, 4) is 0 Å². The van der Waals surface area contributed by atoms with Crippen molar-refractivity contribution in [2.24, 2.45) is 15.9 Å². The molecule has 22 heavy (non-hydrogen) atoms. The highest BCUT2D eigenvalue weighted by molar-refractivity contribution is 8.13. The van der Waals surface area contributed by atoms with Crippen molar-refractivity contribution < 1.29 is 8.78 Å². The van der Waals surface area contributed by atoms with Gasteiger partial charge in [-0.15, -0.1) is 5.10 Å². The van der Waals surface area contributed by atoms with Crippen LogP contribution in [0.4, 0.5) is 14.5 Å². The van der Waals surface area contributed by atoms with Gasteiger partial charge in [0.2, 0.25) is 0 Å². The number of amidine groups is 1. The number of nitrogens with zero attached hydrogens (tertiary/aromatic N) is 2. The molecule has 2 rings (SSSR count). The van der Waals surface area contributed by atoms with Crippen molar-refractivity contribution >= 4 is 28.8 Å². The third kappa shape index (κ3) is 4.29. The zero-order chi connectivity index (χ0) is 15.9. The molecule has 0 heterocycles. The Labute approximate surface area is 130 Å². The van der Waals surface area contributed by atoms with Crippen LogP contribution >= 0.6 is 11.8 Å². The summed E-state index contributed by atoms with van der Waals surface area (Å²) in [6, 6.07) is 12.1. The van der Waals surface area contributed by atoms with Gasteiger partial charge in [0.25, 0.3) is 0 Å². The second-order valence-corrected chi connectivity index (χ2v) is 5.32. The van der Waals surface area contributed by atoms with Crippen LogP contribution in [0.15, 0.2) is 52.7 Å². The summed E-state index contributed by atoms with van der Waals surface area (Å²) in [5, 5.41) is 7.78. The average Bonchev–Trinajstić information content (AvgIpc) is 2.54. The topological polar surface area (TPSA) is 76.8 Å². The van der Waals surface area contributed by atoms with Gasteiger partial charge < -0.3 is 11.5 Å². The smallest absolute Gasteiger partial charge is 0.182 e. The van der Waals surface area contributed by atoms with Gasteiger partial charge in [-0.25, -0.2) is 8.78 Å². The van der Waals surface area contributed by atoms with E-state index in [1.807, 2.05) is 30.3 Å². The Kier molecular flexibility index (Phi) is 5.48. The van der Waals surface area contributed by atoms with Crippen molar-refractivity contribution in [2.75, 3.05) is 5.73 Å². The Balaban J connectivity index is 1.97. The van der Waals surface area contributed by atoms with E-state index in [1.54, 1.807) is 0 Å². The van der Waals surface area contributed by atoms with Crippen LogP contribution < -0.4 is 11.5 Å². The van der Waals surface area contributed by atoms with Gasteiger partial charge in [-0.3, -0.25) is 0 Å². The number of anilines is 1. The normalized spacial score (nSPS) is 12.0. The molecule has 0 fully saturated rings. The van der Waals surface area contributed by atoms with Crippen LogP contribution in [0.2, 0.25) is 0 Å². The Hall–Kier alpha value is -2.41. The highest BCUT2D eigenvalue weighted by atomic mass is 32.2. The van der Waals surface area contributed by atoms with E-state index in [4.69, 9.17) is 11.5 Å². The van der Waals surface area contributed by atoms with E-state index < -0.39 is 11.6 Å². The molecule has 0 aliphatic rings. The first-order valence-corrected chi connectivity index (χ1v) is 7.33. The third-order valence-electron chi connectivity index (χ3n) is 2.75. The van der Waals surface area contributed by atoms with Gasteiger partial charge in [-0.1, -0.05) is 42.1 Å². The number of thioether (sulfide) groups is 1.